The Hall–Kier alpha value is -1.42. The van der Waals surface area contributed by atoms with Gasteiger partial charge in [0.1, 0.15) is 6.61 Å². The molecular weight excluding hydrogens is 604 g/mol. The molecule has 0 radical (unpaired) electrons. The summed E-state index contributed by atoms with van der Waals surface area (Å²) in [6.07, 6.45) is 11.6. The van der Waals surface area contributed by atoms with E-state index in [-0.39, 0.29) is 25.6 Å². The van der Waals surface area contributed by atoms with E-state index in [0.29, 0.717) is 119 Å². The quantitative estimate of drug-likeness (QED) is 0.0740. The van der Waals surface area contributed by atoms with Crippen LogP contribution in [0.25, 0.3) is 0 Å². The summed E-state index contributed by atoms with van der Waals surface area (Å²) in [5.74, 6) is -1.02. The molecule has 46 heavy (non-hydrogen) atoms. The lowest BCUT2D eigenvalue weighted by molar-refractivity contribution is -0.145. The third-order valence-corrected chi connectivity index (χ3v) is 6.41. The van der Waals surface area contributed by atoms with E-state index in [1.807, 2.05) is 0 Å². The number of carboxylic acid groups (broad SMARTS) is 1. The molecule has 0 aromatic carbocycles. The van der Waals surface area contributed by atoms with Gasteiger partial charge in [-0.2, -0.15) is 0 Å². The molecule has 13 heteroatoms. The third kappa shape index (κ3) is 40.6. The van der Waals surface area contributed by atoms with Gasteiger partial charge in [-0.25, -0.2) is 0 Å². The summed E-state index contributed by atoms with van der Waals surface area (Å²) in [5.41, 5.74) is 0. The molecule has 0 aliphatic rings. The van der Waals surface area contributed by atoms with Crippen LogP contribution in [-0.4, -0.2) is 143 Å². The van der Waals surface area contributed by atoms with Gasteiger partial charge in [-0.1, -0.05) is 58.3 Å². The normalized spacial score (nSPS) is 11.3. The predicted molar refractivity (Wildman–Crippen MR) is 172 cm³/mol. The average Bonchev–Trinajstić information content (AvgIpc) is 3.04. The summed E-state index contributed by atoms with van der Waals surface area (Å²) in [7, 11) is 0. The first-order valence-corrected chi connectivity index (χ1v) is 17.2. The Morgan fingerprint density at radius 1 is 0.370 bits per heavy atom. The van der Waals surface area contributed by atoms with E-state index in [4.69, 9.17) is 52.5 Å². The van der Waals surface area contributed by atoms with Crippen molar-refractivity contribution in [3.8, 4) is 0 Å². The summed E-state index contributed by atoms with van der Waals surface area (Å²) in [6, 6.07) is 0. The van der Waals surface area contributed by atoms with Crippen molar-refractivity contribution in [2.75, 3.05) is 126 Å². The molecule has 13 nitrogen and oxygen atoms in total. The maximum atomic E-state index is 11.8. The monoisotopic (exact) mass is 668 g/mol. The molecule has 0 heterocycles. The van der Waals surface area contributed by atoms with Crippen molar-refractivity contribution in [1.29, 1.82) is 0 Å². The SMILES string of the molecule is CCCCCCCCCCCC(=O)OCCOCCOCCOCCOCCOCCOCCOCCOCCOCCC(=O)O. The maximum Gasteiger partial charge on any atom is 0.305 e. The van der Waals surface area contributed by atoms with Crippen LogP contribution in [0.5, 0.6) is 0 Å². The van der Waals surface area contributed by atoms with E-state index in [9.17, 15) is 9.59 Å². The van der Waals surface area contributed by atoms with Crippen molar-refractivity contribution in [1.82, 2.24) is 0 Å². The molecule has 274 valence electrons. The minimum absolute atomic E-state index is 0.00300. The molecule has 0 aliphatic heterocycles. The van der Waals surface area contributed by atoms with E-state index in [1.165, 1.54) is 44.9 Å². The molecule has 0 saturated heterocycles. The number of unbranched alkanes of at least 4 members (excludes halogenated alkanes) is 8. The second kappa shape index (κ2) is 39.8. The summed E-state index contributed by atoms with van der Waals surface area (Å²) in [6.45, 7) is 10.5. The first kappa shape index (κ1) is 44.6. The highest BCUT2D eigenvalue weighted by Gasteiger charge is 2.03. The summed E-state index contributed by atoms with van der Waals surface area (Å²) >= 11 is 0. The Morgan fingerprint density at radius 3 is 0.978 bits per heavy atom. The lowest BCUT2D eigenvalue weighted by atomic mass is 10.1. The van der Waals surface area contributed by atoms with Crippen LogP contribution in [0, 0.1) is 0 Å². The van der Waals surface area contributed by atoms with Crippen LogP contribution in [0.4, 0.5) is 0 Å². The average molecular weight is 669 g/mol. The summed E-state index contributed by atoms with van der Waals surface area (Å²) in [4.78, 5) is 22.1. The van der Waals surface area contributed by atoms with E-state index in [0.717, 1.165) is 12.8 Å². The van der Waals surface area contributed by atoms with Gasteiger partial charge in [0.15, 0.2) is 0 Å². The van der Waals surface area contributed by atoms with Gasteiger partial charge in [0.05, 0.1) is 125 Å². The highest BCUT2D eigenvalue weighted by atomic mass is 16.6. The van der Waals surface area contributed by atoms with Gasteiger partial charge in [0.2, 0.25) is 0 Å². The van der Waals surface area contributed by atoms with Gasteiger partial charge in [0.25, 0.3) is 0 Å². The number of carboxylic acids is 1. The largest absolute Gasteiger partial charge is 0.481 e. The van der Waals surface area contributed by atoms with Crippen molar-refractivity contribution in [2.24, 2.45) is 0 Å². The number of hydrogen-bond acceptors (Lipinski definition) is 12. The smallest absolute Gasteiger partial charge is 0.305 e. The fourth-order valence-corrected chi connectivity index (χ4v) is 3.89. The number of carbonyl (C=O) groups excluding carboxylic acids is 1. The number of ether oxygens (including phenoxy) is 10. The van der Waals surface area contributed by atoms with Crippen LogP contribution in [0.3, 0.4) is 0 Å². The first-order chi connectivity index (χ1) is 22.7. The van der Waals surface area contributed by atoms with Crippen LogP contribution >= 0.6 is 0 Å². The van der Waals surface area contributed by atoms with Gasteiger partial charge < -0.3 is 52.5 Å². The van der Waals surface area contributed by atoms with Crippen LogP contribution in [0.2, 0.25) is 0 Å². The Bertz CT molecular complexity index is 624. The topological polar surface area (TPSA) is 147 Å². The molecule has 0 saturated carbocycles. The minimum Gasteiger partial charge on any atom is -0.481 e. The fourth-order valence-electron chi connectivity index (χ4n) is 3.89. The second-order valence-corrected chi connectivity index (χ2v) is 10.5. The van der Waals surface area contributed by atoms with Crippen molar-refractivity contribution in [2.45, 2.75) is 77.6 Å². The highest BCUT2D eigenvalue weighted by molar-refractivity contribution is 5.69. The molecule has 0 amide bonds. The Balaban J connectivity index is 3.11. The molecule has 0 bridgehead atoms. The van der Waals surface area contributed by atoms with Crippen molar-refractivity contribution >= 4 is 11.9 Å². The Morgan fingerprint density at radius 2 is 0.652 bits per heavy atom. The van der Waals surface area contributed by atoms with Crippen LogP contribution in [-0.2, 0) is 57.0 Å². The van der Waals surface area contributed by atoms with Gasteiger partial charge in [-0.15, -0.1) is 0 Å². The molecule has 0 aromatic heterocycles. The molecule has 0 rings (SSSR count). The molecule has 1 N–H and O–H groups in total. The van der Waals surface area contributed by atoms with Crippen molar-refractivity contribution < 1.29 is 62.1 Å². The number of esters is 1. The van der Waals surface area contributed by atoms with Crippen LogP contribution < -0.4 is 0 Å². The first-order valence-electron chi connectivity index (χ1n) is 17.2. The van der Waals surface area contributed by atoms with E-state index < -0.39 is 5.97 Å². The number of carbonyl (C=O) groups is 2. The number of rotatable bonds is 40. The van der Waals surface area contributed by atoms with Gasteiger partial charge in [0, 0.05) is 6.42 Å². The molecule has 0 spiro atoms. The molecule has 0 aromatic rings. The lowest BCUT2D eigenvalue weighted by Gasteiger charge is -2.09. The van der Waals surface area contributed by atoms with Gasteiger partial charge >= 0.3 is 11.9 Å². The molecule has 0 fully saturated rings. The van der Waals surface area contributed by atoms with E-state index >= 15 is 0 Å². The predicted octanol–water partition coefficient (Wildman–Crippen LogP) is 4.07. The fraction of sp³-hybridized carbons (Fsp3) is 0.939. The van der Waals surface area contributed by atoms with Crippen molar-refractivity contribution in [3.63, 3.8) is 0 Å². The molecule has 0 atom stereocenters. The van der Waals surface area contributed by atoms with Crippen LogP contribution in [0.1, 0.15) is 77.6 Å². The summed E-state index contributed by atoms with van der Waals surface area (Å²) < 4.78 is 53.7. The lowest BCUT2D eigenvalue weighted by Crippen LogP contribution is -2.15. The highest BCUT2D eigenvalue weighted by Crippen LogP contribution is 2.10. The maximum absolute atomic E-state index is 11.8. The van der Waals surface area contributed by atoms with Gasteiger partial charge in [-0.05, 0) is 6.42 Å². The molecule has 0 aliphatic carbocycles. The Kier molecular flexibility index (Phi) is 38.5. The molecule has 0 unspecified atom stereocenters. The minimum atomic E-state index is -0.875. The standard InChI is InChI=1S/C33H64O13/c1-2-3-4-5-6-7-8-9-10-11-33(36)46-31-30-45-29-28-44-27-26-43-25-24-42-23-22-41-21-20-40-19-18-39-17-16-38-15-14-37-13-12-32(34)35/h2-31H2,1H3,(H,34,35). The zero-order valence-electron chi connectivity index (χ0n) is 28.6. The van der Waals surface area contributed by atoms with Crippen LogP contribution in [0.15, 0.2) is 0 Å². The third-order valence-electron chi connectivity index (χ3n) is 6.41. The van der Waals surface area contributed by atoms with Gasteiger partial charge in [-0.3, -0.25) is 9.59 Å². The van der Waals surface area contributed by atoms with E-state index in [2.05, 4.69) is 6.92 Å². The Labute approximate surface area is 277 Å². The summed E-state index contributed by atoms with van der Waals surface area (Å²) in [5, 5.41) is 8.49. The molecular formula is C33H64O13. The second-order valence-electron chi connectivity index (χ2n) is 10.5. The van der Waals surface area contributed by atoms with E-state index in [1.54, 1.807) is 0 Å². The number of hydrogen-bond donors (Lipinski definition) is 1. The number of aliphatic carboxylic acids is 1. The zero-order chi connectivity index (χ0) is 33.4. The zero-order valence-corrected chi connectivity index (χ0v) is 28.6. The van der Waals surface area contributed by atoms with Crippen molar-refractivity contribution in [3.05, 3.63) is 0 Å².